The first-order chi connectivity index (χ1) is 10.0. The number of rotatable bonds is 4. The summed E-state index contributed by atoms with van der Waals surface area (Å²) < 4.78 is 26.8. The molecule has 110 valence electrons. The number of aliphatic hydroxyl groups excluding tert-OH is 1. The minimum Gasteiger partial charge on any atom is -0.384 e. The van der Waals surface area contributed by atoms with Crippen LogP contribution in [0.25, 0.3) is 0 Å². The Morgan fingerprint density at radius 3 is 2.67 bits per heavy atom. The average molecular weight is 307 g/mol. The molecular formula is C12H13N5O3S. The molecule has 0 aliphatic rings. The van der Waals surface area contributed by atoms with Crippen LogP contribution < -0.4 is 4.72 Å². The third-order valence-corrected chi connectivity index (χ3v) is 4.11. The van der Waals surface area contributed by atoms with E-state index in [4.69, 9.17) is 5.11 Å². The van der Waals surface area contributed by atoms with Gasteiger partial charge in [-0.2, -0.15) is 5.21 Å². The number of aromatic nitrogens is 4. The number of hydrogen-bond acceptors (Lipinski definition) is 6. The average Bonchev–Trinajstić information content (AvgIpc) is 2.99. The molecule has 0 aliphatic heterocycles. The summed E-state index contributed by atoms with van der Waals surface area (Å²) in [6.07, 6.45) is 0. The number of nitrogens with one attached hydrogen (secondary N) is 2. The smallest absolute Gasteiger partial charge is 0.241 e. The van der Waals surface area contributed by atoms with Gasteiger partial charge in [0.1, 0.15) is 6.61 Å². The van der Waals surface area contributed by atoms with Crippen LogP contribution >= 0.6 is 0 Å². The van der Waals surface area contributed by atoms with Crippen molar-refractivity contribution in [1.29, 1.82) is 0 Å². The summed E-state index contributed by atoms with van der Waals surface area (Å²) in [6.45, 7) is 1.37. The molecule has 0 fully saturated rings. The molecule has 21 heavy (non-hydrogen) atoms. The third-order valence-electron chi connectivity index (χ3n) is 2.56. The molecule has 3 N–H and O–H groups in total. The lowest BCUT2D eigenvalue weighted by molar-refractivity contribution is 0.350. The molecule has 9 heteroatoms. The van der Waals surface area contributed by atoms with E-state index in [9.17, 15) is 8.42 Å². The van der Waals surface area contributed by atoms with Gasteiger partial charge in [0.05, 0.1) is 10.9 Å². The van der Waals surface area contributed by atoms with Crippen LogP contribution in [-0.2, 0) is 10.0 Å². The molecule has 0 saturated heterocycles. The minimum absolute atomic E-state index is 0.104. The lowest BCUT2D eigenvalue weighted by Crippen LogP contribution is -2.27. The summed E-state index contributed by atoms with van der Waals surface area (Å²) in [5.74, 6) is 5.43. The van der Waals surface area contributed by atoms with E-state index in [1.54, 1.807) is 19.1 Å². The van der Waals surface area contributed by atoms with Crippen molar-refractivity contribution in [2.45, 2.75) is 17.9 Å². The number of H-pyrrole nitrogens is 1. The summed E-state index contributed by atoms with van der Waals surface area (Å²) in [6, 6.07) is 5.40. The number of benzene rings is 1. The Kier molecular flexibility index (Phi) is 4.64. The molecule has 1 unspecified atom stereocenters. The predicted molar refractivity (Wildman–Crippen MR) is 73.3 cm³/mol. The van der Waals surface area contributed by atoms with Crippen LogP contribution in [0.5, 0.6) is 0 Å². The zero-order chi connectivity index (χ0) is 15.3. The van der Waals surface area contributed by atoms with Gasteiger partial charge in [-0.05, 0) is 31.2 Å². The highest BCUT2D eigenvalue weighted by atomic mass is 32.2. The van der Waals surface area contributed by atoms with Gasteiger partial charge in [-0.3, -0.25) is 0 Å². The maximum absolute atomic E-state index is 12.2. The molecule has 0 saturated carbocycles. The van der Waals surface area contributed by atoms with Gasteiger partial charge in [0.25, 0.3) is 0 Å². The quantitative estimate of drug-likeness (QED) is 0.660. The summed E-state index contributed by atoms with van der Waals surface area (Å²) in [5, 5.41) is 21.7. The van der Waals surface area contributed by atoms with E-state index in [1.807, 2.05) is 0 Å². The van der Waals surface area contributed by atoms with Gasteiger partial charge in [-0.1, -0.05) is 17.1 Å². The van der Waals surface area contributed by atoms with Gasteiger partial charge in [0, 0.05) is 5.56 Å². The maximum Gasteiger partial charge on any atom is 0.241 e. The molecular weight excluding hydrogens is 294 g/mol. The number of nitrogens with zero attached hydrogens (tertiary/aromatic N) is 3. The SMILES string of the molecule is CC(NS(=O)(=O)c1ccc(C#CCO)cc1)c1nn[nH]n1. The number of aliphatic hydroxyl groups is 1. The Balaban J connectivity index is 2.16. The van der Waals surface area contributed by atoms with Gasteiger partial charge < -0.3 is 5.11 Å². The number of sulfonamides is 1. The van der Waals surface area contributed by atoms with Crippen molar-refractivity contribution in [3.63, 3.8) is 0 Å². The standard InChI is InChI=1S/C12H13N5O3S/c1-9(12-13-16-17-14-12)15-21(19,20)11-6-4-10(5-7-11)3-2-8-18/h4-7,9,15,18H,8H2,1H3,(H,13,14,16,17). The van der Waals surface area contributed by atoms with Crippen LogP contribution in [0.2, 0.25) is 0 Å². The van der Waals surface area contributed by atoms with Gasteiger partial charge in [-0.25, -0.2) is 13.1 Å². The second-order valence-electron chi connectivity index (χ2n) is 4.10. The van der Waals surface area contributed by atoms with Gasteiger partial charge in [-0.15, -0.1) is 10.2 Å². The fourth-order valence-electron chi connectivity index (χ4n) is 1.57. The Morgan fingerprint density at radius 1 is 1.38 bits per heavy atom. The Hall–Kier alpha value is -2.28. The van der Waals surface area contributed by atoms with Gasteiger partial charge in [0.2, 0.25) is 10.0 Å². The van der Waals surface area contributed by atoms with Crippen molar-refractivity contribution in [1.82, 2.24) is 25.3 Å². The minimum atomic E-state index is -3.69. The highest BCUT2D eigenvalue weighted by Crippen LogP contribution is 2.14. The van der Waals surface area contributed by atoms with Crippen LogP contribution in [0.4, 0.5) is 0 Å². The van der Waals surface area contributed by atoms with Crippen molar-refractivity contribution in [2.75, 3.05) is 6.61 Å². The first kappa shape index (κ1) is 15.1. The first-order valence-corrected chi connectivity index (χ1v) is 7.47. The van der Waals surface area contributed by atoms with Crippen LogP contribution in [0.1, 0.15) is 24.4 Å². The lowest BCUT2D eigenvalue weighted by atomic mass is 10.2. The zero-order valence-electron chi connectivity index (χ0n) is 11.1. The van der Waals surface area contributed by atoms with Crippen LogP contribution in [0.3, 0.4) is 0 Å². The van der Waals surface area contributed by atoms with E-state index >= 15 is 0 Å². The second-order valence-corrected chi connectivity index (χ2v) is 5.81. The number of hydrogen-bond donors (Lipinski definition) is 3. The van der Waals surface area contributed by atoms with Crippen LogP contribution in [0, 0.1) is 11.8 Å². The van der Waals surface area contributed by atoms with Crippen LogP contribution in [-0.4, -0.2) is 40.8 Å². The van der Waals surface area contributed by atoms with Crippen LogP contribution in [0.15, 0.2) is 29.2 Å². The van der Waals surface area contributed by atoms with E-state index in [1.165, 1.54) is 12.1 Å². The monoisotopic (exact) mass is 307 g/mol. The van der Waals surface area contributed by atoms with Crippen molar-refractivity contribution < 1.29 is 13.5 Å². The van der Waals surface area contributed by atoms with Crippen molar-refractivity contribution in [2.24, 2.45) is 0 Å². The lowest BCUT2D eigenvalue weighted by Gasteiger charge is -2.10. The molecule has 0 aliphatic carbocycles. The van der Waals surface area contributed by atoms with E-state index in [-0.39, 0.29) is 17.3 Å². The highest BCUT2D eigenvalue weighted by molar-refractivity contribution is 7.89. The normalized spacial score (nSPS) is 12.5. The molecule has 2 aromatic rings. The number of aromatic amines is 1. The largest absolute Gasteiger partial charge is 0.384 e. The van der Waals surface area contributed by atoms with Crippen molar-refractivity contribution in [3.8, 4) is 11.8 Å². The Labute approximate surface area is 121 Å². The zero-order valence-corrected chi connectivity index (χ0v) is 11.9. The van der Waals surface area contributed by atoms with Crippen molar-refractivity contribution >= 4 is 10.0 Å². The Morgan fingerprint density at radius 2 is 2.10 bits per heavy atom. The van der Waals surface area contributed by atoms with Crippen molar-refractivity contribution in [3.05, 3.63) is 35.7 Å². The molecule has 2 rings (SSSR count). The summed E-state index contributed by atoms with van der Waals surface area (Å²) >= 11 is 0. The molecule has 1 aromatic carbocycles. The van der Waals surface area contributed by atoms with Gasteiger partial charge >= 0.3 is 0 Å². The number of tetrazole rings is 1. The summed E-state index contributed by atoms with van der Waals surface area (Å²) in [4.78, 5) is 0.104. The van der Waals surface area contributed by atoms with Gasteiger partial charge in [0.15, 0.2) is 5.82 Å². The van der Waals surface area contributed by atoms with E-state index in [0.29, 0.717) is 5.56 Å². The Bertz CT molecular complexity index is 744. The predicted octanol–water partition coefficient (Wildman–Crippen LogP) is -0.417. The van der Waals surface area contributed by atoms with E-state index < -0.39 is 16.1 Å². The third kappa shape index (κ3) is 3.85. The molecule has 0 bridgehead atoms. The van der Waals surface area contributed by atoms with E-state index in [2.05, 4.69) is 37.2 Å². The fraction of sp³-hybridized carbons (Fsp3) is 0.250. The second kappa shape index (κ2) is 6.45. The molecule has 0 spiro atoms. The van der Waals surface area contributed by atoms with E-state index in [0.717, 1.165) is 0 Å². The molecule has 8 nitrogen and oxygen atoms in total. The first-order valence-electron chi connectivity index (χ1n) is 5.98. The molecule has 1 aromatic heterocycles. The fourth-order valence-corrected chi connectivity index (χ4v) is 2.77. The summed E-state index contributed by atoms with van der Waals surface area (Å²) in [7, 11) is -3.69. The summed E-state index contributed by atoms with van der Waals surface area (Å²) in [5.41, 5.74) is 0.620. The molecule has 1 atom stereocenters. The topological polar surface area (TPSA) is 121 Å². The molecule has 0 amide bonds. The highest BCUT2D eigenvalue weighted by Gasteiger charge is 2.20. The molecule has 1 heterocycles. The maximum atomic E-state index is 12.2. The molecule has 0 radical (unpaired) electrons.